The van der Waals surface area contributed by atoms with Crippen LogP contribution < -0.4 is 9.47 Å². The number of ether oxygens (including phenoxy) is 2. The number of Topliss-reactive ketones (excluding diaryl/α,β-unsaturated/α-hetero) is 1. The van der Waals surface area contributed by atoms with E-state index in [0.29, 0.717) is 29.6 Å². The van der Waals surface area contributed by atoms with Crippen molar-refractivity contribution in [2.75, 3.05) is 13.7 Å². The number of hydrogen-bond acceptors (Lipinski definition) is 5. The van der Waals surface area contributed by atoms with Gasteiger partial charge in [0.25, 0.3) is 11.7 Å². The Morgan fingerprint density at radius 1 is 1.00 bits per heavy atom. The number of likely N-dealkylation sites (tertiary alicyclic amines) is 1. The Bertz CT molecular complexity index is 1340. The number of hydrogen-bond donors (Lipinski definition) is 1. The van der Waals surface area contributed by atoms with Crippen molar-refractivity contribution in [3.8, 4) is 11.5 Å². The van der Waals surface area contributed by atoms with Crippen molar-refractivity contribution in [1.82, 2.24) is 4.90 Å². The summed E-state index contributed by atoms with van der Waals surface area (Å²) in [6.45, 7) is 8.68. The third-order valence-electron chi connectivity index (χ3n) is 6.74. The number of benzene rings is 3. The van der Waals surface area contributed by atoms with Crippen LogP contribution in [-0.4, -0.2) is 35.4 Å². The predicted molar refractivity (Wildman–Crippen MR) is 144 cm³/mol. The van der Waals surface area contributed by atoms with Crippen molar-refractivity contribution in [3.05, 3.63) is 100 Å². The highest BCUT2D eigenvalue weighted by atomic mass is 16.5. The second-order valence-corrected chi connectivity index (χ2v) is 9.47. The predicted octanol–water partition coefficient (Wildman–Crippen LogP) is 6.15. The number of amides is 1. The first-order valence-electron chi connectivity index (χ1n) is 12.5. The molecule has 6 heteroatoms. The molecule has 1 fully saturated rings. The van der Waals surface area contributed by atoms with Crippen LogP contribution in [0.3, 0.4) is 0 Å². The van der Waals surface area contributed by atoms with Crippen molar-refractivity contribution in [2.45, 2.75) is 46.2 Å². The Kier molecular flexibility index (Phi) is 7.67. The molecule has 0 spiro atoms. The van der Waals surface area contributed by atoms with Gasteiger partial charge in [-0.2, -0.15) is 0 Å². The molecular formula is C31H33NO5. The zero-order valence-electron chi connectivity index (χ0n) is 21.9. The zero-order valence-corrected chi connectivity index (χ0v) is 21.9. The largest absolute Gasteiger partial charge is 0.507 e. The second kappa shape index (κ2) is 10.9. The number of para-hydroxylation sites is 1. The number of carbonyl (C=O) groups is 2. The summed E-state index contributed by atoms with van der Waals surface area (Å²) in [5, 5.41) is 11.4. The molecule has 0 bridgehead atoms. The lowest BCUT2D eigenvalue weighted by Crippen LogP contribution is -2.29. The molecule has 1 saturated heterocycles. The van der Waals surface area contributed by atoms with E-state index in [1.165, 1.54) is 4.90 Å². The number of aliphatic hydroxyl groups excluding tert-OH is 1. The minimum absolute atomic E-state index is 0.0701. The molecule has 0 aliphatic carbocycles. The molecule has 0 aromatic heterocycles. The molecule has 1 aliphatic rings. The smallest absolute Gasteiger partial charge is 0.295 e. The summed E-state index contributed by atoms with van der Waals surface area (Å²) in [4.78, 5) is 28.3. The standard InChI is InChI=1S/C31H33NO5/c1-6-37-25-16-15-23(17-20(25)4)29(33)27-28(22-13-11-21(12-14-22)19(2)3)32(31(35)30(27)34)18-24-9-7-8-10-26(24)36-5/h7-17,19,28,33H,6,18H2,1-5H3/b29-27-. The number of rotatable bonds is 8. The minimum Gasteiger partial charge on any atom is -0.507 e. The van der Waals surface area contributed by atoms with Crippen molar-refractivity contribution in [1.29, 1.82) is 0 Å². The maximum absolute atomic E-state index is 13.4. The number of nitrogens with zero attached hydrogens (tertiary/aromatic N) is 1. The van der Waals surface area contributed by atoms with E-state index in [-0.39, 0.29) is 17.9 Å². The summed E-state index contributed by atoms with van der Waals surface area (Å²) >= 11 is 0. The van der Waals surface area contributed by atoms with E-state index in [4.69, 9.17) is 9.47 Å². The number of ketones is 1. The van der Waals surface area contributed by atoms with Crippen molar-refractivity contribution >= 4 is 17.4 Å². The average Bonchev–Trinajstić information content (AvgIpc) is 3.14. The molecule has 1 amide bonds. The molecule has 192 valence electrons. The van der Waals surface area contributed by atoms with Crippen molar-refractivity contribution in [3.63, 3.8) is 0 Å². The number of methoxy groups -OCH3 is 1. The topological polar surface area (TPSA) is 76.1 Å². The first kappa shape index (κ1) is 26.0. The maximum atomic E-state index is 13.4. The van der Waals surface area contributed by atoms with E-state index in [0.717, 1.165) is 22.3 Å². The third-order valence-corrected chi connectivity index (χ3v) is 6.74. The van der Waals surface area contributed by atoms with E-state index in [2.05, 4.69) is 13.8 Å². The number of aryl methyl sites for hydroxylation is 1. The van der Waals surface area contributed by atoms with Gasteiger partial charge in [-0.25, -0.2) is 0 Å². The van der Waals surface area contributed by atoms with Crippen LogP contribution in [0.4, 0.5) is 0 Å². The molecule has 37 heavy (non-hydrogen) atoms. The second-order valence-electron chi connectivity index (χ2n) is 9.47. The molecule has 3 aromatic rings. The minimum atomic E-state index is -0.752. The SMILES string of the molecule is CCOc1ccc(/C(O)=C2/C(=O)C(=O)N(Cc3ccccc3OC)C2c2ccc(C(C)C)cc2)cc1C. The van der Waals surface area contributed by atoms with Gasteiger partial charge >= 0.3 is 0 Å². The van der Waals surface area contributed by atoms with Gasteiger partial charge in [-0.05, 0) is 60.7 Å². The molecule has 1 unspecified atom stereocenters. The summed E-state index contributed by atoms with van der Waals surface area (Å²) in [7, 11) is 1.57. The fraction of sp³-hybridized carbons (Fsp3) is 0.290. The van der Waals surface area contributed by atoms with Gasteiger partial charge in [0, 0.05) is 11.1 Å². The van der Waals surface area contributed by atoms with Crippen molar-refractivity contribution in [2.24, 2.45) is 0 Å². The fourth-order valence-electron chi connectivity index (χ4n) is 4.74. The molecule has 0 radical (unpaired) electrons. The van der Waals surface area contributed by atoms with Gasteiger partial charge in [0.1, 0.15) is 17.3 Å². The van der Waals surface area contributed by atoms with Gasteiger partial charge in [-0.15, -0.1) is 0 Å². The molecule has 1 N–H and O–H groups in total. The lowest BCUT2D eigenvalue weighted by Gasteiger charge is -2.26. The van der Waals surface area contributed by atoms with Crippen LogP contribution in [0.1, 0.15) is 60.5 Å². The van der Waals surface area contributed by atoms with Gasteiger partial charge in [0.05, 0.1) is 31.9 Å². The van der Waals surface area contributed by atoms with Gasteiger partial charge in [0.2, 0.25) is 0 Å². The molecule has 3 aromatic carbocycles. The highest BCUT2D eigenvalue weighted by molar-refractivity contribution is 6.46. The molecule has 1 aliphatic heterocycles. The lowest BCUT2D eigenvalue weighted by molar-refractivity contribution is -0.140. The fourth-order valence-corrected chi connectivity index (χ4v) is 4.74. The van der Waals surface area contributed by atoms with Gasteiger partial charge in [-0.1, -0.05) is 56.3 Å². The van der Waals surface area contributed by atoms with Gasteiger partial charge < -0.3 is 19.5 Å². The molecule has 0 saturated carbocycles. The molecular weight excluding hydrogens is 466 g/mol. The maximum Gasteiger partial charge on any atom is 0.295 e. The summed E-state index contributed by atoms with van der Waals surface area (Å²) in [5.74, 6) is 0.0904. The summed E-state index contributed by atoms with van der Waals surface area (Å²) < 4.78 is 11.1. The van der Waals surface area contributed by atoms with Crippen LogP contribution in [0.5, 0.6) is 11.5 Å². The Balaban J connectivity index is 1.85. The van der Waals surface area contributed by atoms with Gasteiger partial charge in [-0.3, -0.25) is 9.59 Å². The molecule has 1 atom stereocenters. The zero-order chi connectivity index (χ0) is 26.7. The van der Waals surface area contributed by atoms with Crippen LogP contribution in [0, 0.1) is 6.92 Å². The van der Waals surface area contributed by atoms with Crippen LogP contribution in [0.25, 0.3) is 5.76 Å². The van der Waals surface area contributed by atoms with Crippen LogP contribution in [0.2, 0.25) is 0 Å². The highest BCUT2D eigenvalue weighted by Crippen LogP contribution is 2.41. The van der Waals surface area contributed by atoms with E-state index in [1.54, 1.807) is 25.3 Å². The van der Waals surface area contributed by atoms with Crippen molar-refractivity contribution < 1.29 is 24.2 Å². The summed E-state index contributed by atoms with van der Waals surface area (Å²) in [6.07, 6.45) is 0. The van der Waals surface area contributed by atoms with E-state index < -0.39 is 17.7 Å². The quantitative estimate of drug-likeness (QED) is 0.229. The van der Waals surface area contributed by atoms with Gasteiger partial charge in [0.15, 0.2) is 0 Å². The normalized spacial score (nSPS) is 16.9. The lowest BCUT2D eigenvalue weighted by atomic mass is 9.92. The highest BCUT2D eigenvalue weighted by Gasteiger charge is 2.46. The average molecular weight is 500 g/mol. The van der Waals surface area contributed by atoms with E-state index in [1.807, 2.05) is 62.4 Å². The monoisotopic (exact) mass is 499 g/mol. The Morgan fingerprint density at radius 3 is 2.32 bits per heavy atom. The molecule has 1 heterocycles. The Labute approximate surface area is 218 Å². The Morgan fingerprint density at radius 2 is 1.70 bits per heavy atom. The third kappa shape index (κ3) is 5.10. The Hall–Kier alpha value is -4.06. The first-order valence-corrected chi connectivity index (χ1v) is 12.5. The molecule has 4 rings (SSSR count). The number of carbonyl (C=O) groups excluding carboxylic acids is 2. The summed E-state index contributed by atoms with van der Waals surface area (Å²) in [5.41, 5.74) is 4.02. The van der Waals surface area contributed by atoms with Crippen LogP contribution in [0.15, 0.2) is 72.3 Å². The van der Waals surface area contributed by atoms with E-state index >= 15 is 0 Å². The van der Waals surface area contributed by atoms with E-state index in [9.17, 15) is 14.7 Å². The summed E-state index contributed by atoms with van der Waals surface area (Å²) in [6, 6.07) is 19.8. The first-order chi connectivity index (χ1) is 17.8. The van der Waals surface area contributed by atoms with Crippen LogP contribution >= 0.6 is 0 Å². The number of aliphatic hydroxyl groups is 1. The van der Waals surface area contributed by atoms with Crippen LogP contribution in [-0.2, 0) is 16.1 Å². The molecule has 6 nitrogen and oxygen atoms in total.